The third-order valence-electron chi connectivity index (χ3n) is 3.96. The molecule has 0 aliphatic heterocycles. The zero-order valence-electron chi connectivity index (χ0n) is 11.4. The fourth-order valence-electron chi connectivity index (χ4n) is 2.73. The van der Waals surface area contributed by atoms with Crippen LogP contribution in [0.1, 0.15) is 32.1 Å². The molecule has 0 aromatic rings. The zero-order valence-corrected chi connectivity index (χ0v) is 12.2. The highest BCUT2D eigenvalue weighted by Gasteiger charge is 2.61. The monoisotopic (exact) mass is 310 g/mol. The van der Waals surface area contributed by atoms with Crippen LogP contribution in [0.15, 0.2) is 0 Å². The number of sulfonamides is 1. The molecule has 0 aromatic heterocycles. The normalized spacial score (nSPS) is 32.6. The van der Waals surface area contributed by atoms with E-state index < -0.39 is 27.8 Å². The Morgan fingerprint density at radius 3 is 2.45 bits per heavy atom. The predicted octanol–water partition coefficient (Wildman–Crippen LogP) is 0.866. The van der Waals surface area contributed by atoms with Crippen molar-refractivity contribution in [2.75, 3.05) is 12.8 Å². The number of hydrogen-bond donors (Lipinski definition) is 2. The summed E-state index contributed by atoms with van der Waals surface area (Å²) in [4.78, 5) is 11.5. The highest BCUT2D eigenvalue weighted by atomic mass is 32.2. The Balaban J connectivity index is 1.84. The molecule has 0 spiro atoms. The number of rotatable bonds is 5. The highest BCUT2D eigenvalue weighted by molar-refractivity contribution is 7.88. The van der Waals surface area contributed by atoms with Gasteiger partial charge in [-0.25, -0.2) is 21.9 Å². The largest absolute Gasteiger partial charge is 0.355 e. The molecule has 0 aromatic carbocycles. The van der Waals surface area contributed by atoms with Crippen molar-refractivity contribution in [2.45, 2.75) is 44.1 Å². The number of hydrogen-bond acceptors (Lipinski definition) is 3. The van der Waals surface area contributed by atoms with Crippen molar-refractivity contribution in [1.29, 1.82) is 0 Å². The molecule has 2 rings (SSSR count). The molecule has 2 aliphatic rings. The average Bonchev–Trinajstić information content (AvgIpc) is 2.95. The van der Waals surface area contributed by atoms with Gasteiger partial charge < -0.3 is 5.32 Å². The van der Waals surface area contributed by atoms with Gasteiger partial charge in [0.2, 0.25) is 15.9 Å². The number of nitrogens with one attached hydrogen (secondary N) is 2. The molecule has 5 nitrogen and oxygen atoms in total. The summed E-state index contributed by atoms with van der Waals surface area (Å²) in [6, 6.07) is -0.223. The van der Waals surface area contributed by atoms with Gasteiger partial charge in [-0.15, -0.1) is 0 Å². The standard InChI is InChI=1S/C12H20F2N2O3S/c1-20(18,19)16-10-5-3-2-4-8(10)7-15-11(17)9-6-12(9,13)14/h8-10,16H,2-7H2,1H3,(H,15,17). The number of carbonyl (C=O) groups excluding carboxylic acids is 1. The second-order valence-corrected chi connectivity index (χ2v) is 7.58. The molecule has 2 N–H and O–H groups in total. The Morgan fingerprint density at radius 1 is 1.30 bits per heavy atom. The SMILES string of the molecule is CS(=O)(=O)NC1CCCCC1CNC(=O)C1CC1(F)F. The number of halogens is 2. The van der Waals surface area contributed by atoms with Gasteiger partial charge in [-0.2, -0.15) is 0 Å². The number of alkyl halides is 2. The van der Waals surface area contributed by atoms with Crippen LogP contribution in [0.5, 0.6) is 0 Å². The minimum absolute atomic E-state index is 0.0326. The lowest BCUT2D eigenvalue weighted by molar-refractivity contribution is -0.124. The summed E-state index contributed by atoms with van der Waals surface area (Å²) in [6.45, 7) is 0.249. The molecule has 1 amide bonds. The lowest BCUT2D eigenvalue weighted by atomic mass is 9.85. The summed E-state index contributed by atoms with van der Waals surface area (Å²) in [5.74, 6) is -4.72. The van der Waals surface area contributed by atoms with E-state index in [4.69, 9.17) is 0 Å². The molecule has 8 heteroatoms. The van der Waals surface area contributed by atoms with Crippen LogP contribution >= 0.6 is 0 Å². The average molecular weight is 310 g/mol. The zero-order chi connectivity index (χ0) is 15.0. The number of amides is 1. The van der Waals surface area contributed by atoms with E-state index in [0.29, 0.717) is 6.42 Å². The second-order valence-electron chi connectivity index (χ2n) is 5.80. The quantitative estimate of drug-likeness (QED) is 0.791. The van der Waals surface area contributed by atoms with E-state index in [-0.39, 0.29) is 24.9 Å². The van der Waals surface area contributed by atoms with Crippen LogP contribution in [0.25, 0.3) is 0 Å². The molecule has 0 radical (unpaired) electrons. The molecule has 2 aliphatic carbocycles. The molecule has 3 atom stereocenters. The minimum Gasteiger partial charge on any atom is -0.355 e. The first kappa shape index (κ1) is 15.6. The molecular weight excluding hydrogens is 290 g/mol. The summed E-state index contributed by atoms with van der Waals surface area (Å²) < 4.78 is 50.7. The highest BCUT2D eigenvalue weighted by Crippen LogP contribution is 2.48. The number of carbonyl (C=O) groups is 1. The molecule has 0 saturated heterocycles. The van der Waals surface area contributed by atoms with Gasteiger partial charge >= 0.3 is 0 Å². The van der Waals surface area contributed by atoms with E-state index in [0.717, 1.165) is 25.5 Å². The van der Waals surface area contributed by atoms with E-state index in [1.54, 1.807) is 0 Å². The van der Waals surface area contributed by atoms with Crippen LogP contribution in [0.4, 0.5) is 8.78 Å². The maximum absolute atomic E-state index is 12.8. The molecule has 3 unspecified atom stereocenters. The van der Waals surface area contributed by atoms with Crippen molar-refractivity contribution in [3.8, 4) is 0 Å². The Morgan fingerprint density at radius 2 is 1.90 bits per heavy atom. The molecule has 2 saturated carbocycles. The predicted molar refractivity (Wildman–Crippen MR) is 69.8 cm³/mol. The first-order chi connectivity index (χ1) is 9.19. The first-order valence-electron chi connectivity index (χ1n) is 6.82. The molecule has 0 heterocycles. The lowest BCUT2D eigenvalue weighted by Gasteiger charge is -2.31. The van der Waals surface area contributed by atoms with Crippen LogP contribution in [-0.4, -0.2) is 39.1 Å². The first-order valence-corrected chi connectivity index (χ1v) is 8.71. The van der Waals surface area contributed by atoms with Crippen molar-refractivity contribution in [2.24, 2.45) is 11.8 Å². The van der Waals surface area contributed by atoms with Gasteiger partial charge in [-0.3, -0.25) is 4.79 Å². The third kappa shape index (κ3) is 4.12. The lowest BCUT2D eigenvalue weighted by Crippen LogP contribution is -2.46. The van der Waals surface area contributed by atoms with Crippen molar-refractivity contribution in [1.82, 2.24) is 10.0 Å². The minimum atomic E-state index is -3.30. The fourth-order valence-corrected chi connectivity index (χ4v) is 3.59. The summed E-state index contributed by atoms with van der Waals surface area (Å²) in [6.07, 6.45) is 4.11. The van der Waals surface area contributed by atoms with E-state index in [1.807, 2.05) is 0 Å². The van der Waals surface area contributed by atoms with Gasteiger partial charge in [0, 0.05) is 19.0 Å². The van der Waals surface area contributed by atoms with Gasteiger partial charge in [-0.05, 0) is 18.8 Å². The molecule has 0 bridgehead atoms. The van der Waals surface area contributed by atoms with Crippen LogP contribution in [0.2, 0.25) is 0 Å². The van der Waals surface area contributed by atoms with Crippen LogP contribution in [0, 0.1) is 11.8 Å². The molecule has 116 valence electrons. The van der Waals surface area contributed by atoms with Gasteiger partial charge in [0.15, 0.2) is 0 Å². The summed E-state index contributed by atoms with van der Waals surface area (Å²) in [7, 11) is -3.30. The maximum Gasteiger partial charge on any atom is 0.260 e. The van der Waals surface area contributed by atoms with Crippen LogP contribution in [-0.2, 0) is 14.8 Å². The fraction of sp³-hybridized carbons (Fsp3) is 0.917. The Bertz CT molecular complexity index is 481. The van der Waals surface area contributed by atoms with Crippen molar-refractivity contribution in [3.05, 3.63) is 0 Å². The third-order valence-corrected chi connectivity index (χ3v) is 4.69. The van der Waals surface area contributed by atoms with Crippen molar-refractivity contribution >= 4 is 15.9 Å². The van der Waals surface area contributed by atoms with Gasteiger partial charge in [0.1, 0.15) is 5.92 Å². The van der Waals surface area contributed by atoms with Crippen LogP contribution in [0.3, 0.4) is 0 Å². The Labute approximate surface area is 117 Å². The van der Waals surface area contributed by atoms with Crippen molar-refractivity contribution < 1.29 is 22.0 Å². The van der Waals surface area contributed by atoms with E-state index in [1.165, 1.54) is 0 Å². The van der Waals surface area contributed by atoms with Crippen molar-refractivity contribution in [3.63, 3.8) is 0 Å². The maximum atomic E-state index is 12.8. The Kier molecular flexibility index (Phi) is 4.34. The van der Waals surface area contributed by atoms with Gasteiger partial charge in [0.25, 0.3) is 5.92 Å². The molecule has 2 fully saturated rings. The summed E-state index contributed by atoms with van der Waals surface area (Å²) in [5, 5.41) is 2.53. The molecule has 20 heavy (non-hydrogen) atoms. The van der Waals surface area contributed by atoms with E-state index in [9.17, 15) is 22.0 Å². The summed E-state index contributed by atoms with van der Waals surface area (Å²) >= 11 is 0. The summed E-state index contributed by atoms with van der Waals surface area (Å²) in [5.41, 5.74) is 0. The van der Waals surface area contributed by atoms with Gasteiger partial charge in [0.05, 0.1) is 6.26 Å². The van der Waals surface area contributed by atoms with E-state index in [2.05, 4.69) is 10.0 Å². The smallest absolute Gasteiger partial charge is 0.260 e. The van der Waals surface area contributed by atoms with Gasteiger partial charge in [-0.1, -0.05) is 12.8 Å². The second kappa shape index (κ2) is 5.55. The van der Waals surface area contributed by atoms with E-state index >= 15 is 0 Å². The Hall–Kier alpha value is -0.760. The topological polar surface area (TPSA) is 75.3 Å². The van der Waals surface area contributed by atoms with Crippen LogP contribution < -0.4 is 10.0 Å². The molecular formula is C12H20F2N2O3S.